The SMILES string of the molecule is Cc1cc(NC(=O)COC(=O)C2CCN(S(C)(=O)=O)CC2)ccc1N1CCCC1. The maximum Gasteiger partial charge on any atom is 0.309 e. The standard InChI is InChI=1S/C20H29N3O5S/c1-15-13-17(5-6-18(15)22-9-3-4-10-22)21-19(24)14-28-20(25)16-7-11-23(12-8-16)29(2,26)27/h5-6,13,16H,3-4,7-12,14H2,1-2H3,(H,21,24). The highest BCUT2D eigenvalue weighted by Crippen LogP contribution is 2.26. The van der Waals surface area contributed by atoms with Gasteiger partial charge < -0.3 is 15.0 Å². The average Bonchev–Trinajstić information content (AvgIpc) is 3.20. The Balaban J connectivity index is 1.45. The van der Waals surface area contributed by atoms with Crippen LogP contribution in [0.2, 0.25) is 0 Å². The van der Waals surface area contributed by atoms with Crippen molar-refractivity contribution in [2.45, 2.75) is 32.6 Å². The fourth-order valence-corrected chi connectivity index (χ4v) is 4.79. The van der Waals surface area contributed by atoms with Gasteiger partial charge in [0.25, 0.3) is 5.91 Å². The van der Waals surface area contributed by atoms with Crippen LogP contribution in [0.3, 0.4) is 0 Å². The largest absolute Gasteiger partial charge is 0.455 e. The van der Waals surface area contributed by atoms with Crippen molar-refractivity contribution < 1.29 is 22.7 Å². The minimum atomic E-state index is -3.23. The van der Waals surface area contributed by atoms with Crippen LogP contribution in [0, 0.1) is 12.8 Å². The number of ether oxygens (including phenoxy) is 1. The van der Waals surface area contributed by atoms with Gasteiger partial charge in [-0.1, -0.05) is 0 Å². The molecule has 2 aliphatic heterocycles. The fraction of sp³-hybridized carbons (Fsp3) is 0.600. The van der Waals surface area contributed by atoms with E-state index in [4.69, 9.17) is 4.74 Å². The molecule has 0 radical (unpaired) electrons. The highest BCUT2D eigenvalue weighted by atomic mass is 32.2. The number of hydrogen-bond donors (Lipinski definition) is 1. The molecule has 3 rings (SSSR count). The molecule has 160 valence electrons. The van der Waals surface area contributed by atoms with Crippen molar-refractivity contribution >= 4 is 33.3 Å². The molecule has 0 saturated carbocycles. The molecule has 2 heterocycles. The van der Waals surface area contributed by atoms with Crippen LogP contribution in [-0.4, -0.2) is 63.6 Å². The van der Waals surface area contributed by atoms with Crippen molar-refractivity contribution in [3.05, 3.63) is 23.8 Å². The van der Waals surface area contributed by atoms with Gasteiger partial charge in [0, 0.05) is 37.6 Å². The predicted octanol–water partition coefficient (Wildman–Crippen LogP) is 1.75. The van der Waals surface area contributed by atoms with Crippen LogP contribution in [0.4, 0.5) is 11.4 Å². The van der Waals surface area contributed by atoms with Crippen molar-refractivity contribution in [3.8, 4) is 0 Å². The molecule has 1 aromatic rings. The summed E-state index contributed by atoms with van der Waals surface area (Å²) in [7, 11) is -3.23. The molecular formula is C20H29N3O5S. The number of nitrogens with zero attached hydrogens (tertiary/aromatic N) is 2. The summed E-state index contributed by atoms with van der Waals surface area (Å²) in [5.41, 5.74) is 2.96. The molecule has 2 fully saturated rings. The number of rotatable bonds is 6. The quantitative estimate of drug-likeness (QED) is 0.701. The number of hydrogen-bond acceptors (Lipinski definition) is 6. The minimum absolute atomic E-state index is 0.299. The number of sulfonamides is 1. The zero-order valence-corrected chi connectivity index (χ0v) is 17.8. The summed E-state index contributed by atoms with van der Waals surface area (Å²) < 4.78 is 29.6. The maximum atomic E-state index is 12.2. The van der Waals surface area contributed by atoms with Crippen LogP contribution < -0.4 is 10.2 Å². The fourth-order valence-electron chi connectivity index (χ4n) is 3.92. The molecule has 9 heteroatoms. The molecule has 2 saturated heterocycles. The van der Waals surface area contributed by atoms with Gasteiger partial charge in [0.2, 0.25) is 10.0 Å². The molecule has 0 aromatic heterocycles. The van der Waals surface area contributed by atoms with E-state index in [9.17, 15) is 18.0 Å². The van der Waals surface area contributed by atoms with Gasteiger partial charge >= 0.3 is 5.97 Å². The van der Waals surface area contributed by atoms with Gasteiger partial charge in [0.1, 0.15) is 0 Å². The Bertz CT molecular complexity index is 857. The summed E-state index contributed by atoms with van der Waals surface area (Å²) in [5.74, 6) is -1.21. The number of piperidine rings is 1. The molecule has 29 heavy (non-hydrogen) atoms. The van der Waals surface area contributed by atoms with Crippen molar-refractivity contribution in [2.75, 3.05) is 49.3 Å². The molecule has 0 bridgehead atoms. The van der Waals surface area contributed by atoms with E-state index >= 15 is 0 Å². The summed E-state index contributed by atoms with van der Waals surface area (Å²) in [6, 6.07) is 5.80. The first-order valence-corrected chi connectivity index (χ1v) is 11.9. The zero-order chi connectivity index (χ0) is 21.0. The highest BCUT2D eigenvalue weighted by Gasteiger charge is 2.30. The molecule has 2 aliphatic rings. The monoisotopic (exact) mass is 423 g/mol. The van der Waals surface area contributed by atoms with Crippen LogP contribution in [0.1, 0.15) is 31.2 Å². The Labute approximate surface area is 172 Å². The number of amides is 1. The second-order valence-corrected chi connectivity index (χ2v) is 9.77. The van der Waals surface area contributed by atoms with E-state index in [-0.39, 0.29) is 18.4 Å². The van der Waals surface area contributed by atoms with Gasteiger partial charge in [0.05, 0.1) is 12.2 Å². The van der Waals surface area contributed by atoms with Crippen molar-refractivity contribution in [2.24, 2.45) is 5.92 Å². The van der Waals surface area contributed by atoms with Crippen molar-refractivity contribution in [1.82, 2.24) is 4.31 Å². The summed E-state index contributed by atoms with van der Waals surface area (Å²) in [6.07, 6.45) is 4.39. The van der Waals surface area contributed by atoms with E-state index in [2.05, 4.69) is 10.2 Å². The number of nitrogens with one attached hydrogen (secondary N) is 1. The number of benzene rings is 1. The molecule has 1 aromatic carbocycles. The topological polar surface area (TPSA) is 96.0 Å². The van der Waals surface area contributed by atoms with Crippen LogP contribution in [0.15, 0.2) is 18.2 Å². The van der Waals surface area contributed by atoms with Crippen LogP contribution >= 0.6 is 0 Å². The van der Waals surface area contributed by atoms with Crippen LogP contribution in [0.5, 0.6) is 0 Å². The van der Waals surface area contributed by atoms with Gasteiger partial charge in [0.15, 0.2) is 6.61 Å². The summed E-state index contributed by atoms with van der Waals surface area (Å²) in [5, 5.41) is 2.76. The first-order chi connectivity index (χ1) is 13.7. The Kier molecular flexibility index (Phi) is 6.79. The lowest BCUT2D eigenvalue weighted by molar-refractivity contribution is -0.152. The number of carbonyl (C=O) groups is 2. The van der Waals surface area contributed by atoms with E-state index in [0.717, 1.165) is 24.9 Å². The molecule has 1 N–H and O–H groups in total. The van der Waals surface area contributed by atoms with Crippen LogP contribution in [0.25, 0.3) is 0 Å². The summed E-state index contributed by atoms with van der Waals surface area (Å²) in [6.45, 7) is 4.39. The third kappa shape index (κ3) is 5.70. The Morgan fingerprint density at radius 1 is 1.14 bits per heavy atom. The summed E-state index contributed by atoms with van der Waals surface area (Å²) >= 11 is 0. The van der Waals surface area contributed by atoms with Gasteiger partial charge in [-0.2, -0.15) is 0 Å². The lowest BCUT2D eigenvalue weighted by Gasteiger charge is -2.28. The predicted molar refractivity (Wildman–Crippen MR) is 111 cm³/mol. The first kappa shape index (κ1) is 21.6. The minimum Gasteiger partial charge on any atom is -0.455 e. The normalized spacial score (nSPS) is 18.6. The van der Waals surface area contributed by atoms with Crippen molar-refractivity contribution in [3.63, 3.8) is 0 Å². The zero-order valence-electron chi connectivity index (χ0n) is 17.0. The second kappa shape index (κ2) is 9.13. The average molecular weight is 424 g/mol. The van der Waals surface area contributed by atoms with Crippen molar-refractivity contribution in [1.29, 1.82) is 0 Å². The number of carbonyl (C=O) groups excluding carboxylic acids is 2. The molecule has 0 aliphatic carbocycles. The van der Waals surface area contributed by atoms with Crippen LogP contribution in [-0.2, 0) is 24.3 Å². The van der Waals surface area contributed by atoms with Gasteiger partial charge in [-0.25, -0.2) is 12.7 Å². The maximum absolute atomic E-state index is 12.2. The van der Waals surface area contributed by atoms with E-state index in [1.165, 1.54) is 22.8 Å². The first-order valence-electron chi connectivity index (χ1n) is 10.0. The molecule has 8 nitrogen and oxygen atoms in total. The molecule has 0 atom stereocenters. The second-order valence-electron chi connectivity index (χ2n) is 7.79. The van der Waals surface area contributed by atoms with Gasteiger partial charge in [-0.15, -0.1) is 0 Å². The number of anilines is 2. The third-order valence-corrected chi connectivity index (χ3v) is 6.83. The Morgan fingerprint density at radius 3 is 2.38 bits per heavy atom. The molecule has 0 spiro atoms. The Morgan fingerprint density at radius 2 is 1.79 bits per heavy atom. The van der Waals surface area contributed by atoms with E-state index in [1.54, 1.807) is 0 Å². The third-order valence-electron chi connectivity index (χ3n) is 5.53. The lowest BCUT2D eigenvalue weighted by Crippen LogP contribution is -2.40. The Hall–Kier alpha value is -2.13. The van der Waals surface area contributed by atoms with Gasteiger partial charge in [-0.3, -0.25) is 9.59 Å². The van der Waals surface area contributed by atoms with E-state index in [1.807, 2.05) is 25.1 Å². The smallest absolute Gasteiger partial charge is 0.309 e. The summed E-state index contributed by atoms with van der Waals surface area (Å²) in [4.78, 5) is 26.7. The molecule has 1 amide bonds. The lowest BCUT2D eigenvalue weighted by atomic mass is 9.98. The number of esters is 1. The van der Waals surface area contributed by atoms with E-state index in [0.29, 0.717) is 31.6 Å². The highest BCUT2D eigenvalue weighted by molar-refractivity contribution is 7.88. The molecule has 0 unspecified atom stereocenters. The van der Waals surface area contributed by atoms with Gasteiger partial charge in [-0.05, 0) is 56.4 Å². The number of aryl methyl sites for hydroxylation is 1. The molecular weight excluding hydrogens is 394 g/mol. The van der Waals surface area contributed by atoms with E-state index < -0.39 is 16.0 Å².